The number of aliphatic carboxylic acids is 1. The fraction of sp³-hybridized carbons (Fsp3) is 0.280. The third-order valence-corrected chi connectivity index (χ3v) is 5.28. The molecule has 172 valence electrons. The van der Waals surface area contributed by atoms with E-state index in [0.717, 1.165) is 12.8 Å². The highest BCUT2D eigenvalue weighted by atomic mass is 19.1. The molecule has 0 saturated carbocycles. The van der Waals surface area contributed by atoms with E-state index in [2.05, 4.69) is 15.5 Å². The van der Waals surface area contributed by atoms with Crippen molar-refractivity contribution in [3.63, 3.8) is 0 Å². The molecule has 1 heterocycles. The molecule has 0 aliphatic carbocycles. The summed E-state index contributed by atoms with van der Waals surface area (Å²) in [4.78, 5) is 35.9. The van der Waals surface area contributed by atoms with Gasteiger partial charge in [0.1, 0.15) is 5.82 Å². The van der Waals surface area contributed by atoms with Gasteiger partial charge in [0, 0.05) is 18.2 Å². The lowest BCUT2D eigenvalue weighted by Gasteiger charge is -2.12. The van der Waals surface area contributed by atoms with Crippen LogP contribution >= 0.6 is 0 Å². The molecule has 1 amide bonds. The molecule has 2 aromatic carbocycles. The zero-order valence-corrected chi connectivity index (χ0v) is 18.3. The van der Waals surface area contributed by atoms with Gasteiger partial charge in [-0.2, -0.15) is 5.10 Å². The van der Waals surface area contributed by atoms with Crippen molar-refractivity contribution in [3.05, 3.63) is 82.0 Å². The van der Waals surface area contributed by atoms with Gasteiger partial charge in [-0.3, -0.25) is 14.4 Å². The second kappa shape index (κ2) is 11.2. The number of carbonyl (C=O) groups is 2. The number of aromatic nitrogens is 2. The van der Waals surface area contributed by atoms with Gasteiger partial charge in [0.15, 0.2) is 0 Å². The van der Waals surface area contributed by atoms with Crippen LogP contribution in [0.3, 0.4) is 0 Å². The van der Waals surface area contributed by atoms with E-state index in [4.69, 9.17) is 0 Å². The van der Waals surface area contributed by atoms with Crippen molar-refractivity contribution in [1.82, 2.24) is 10.2 Å². The molecular formula is C25H26FN3O4. The average Bonchev–Trinajstić information content (AvgIpc) is 2.80. The van der Waals surface area contributed by atoms with Gasteiger partial charge >= 0.3 is 5.97 Å². The molecule has 8 heteroatoms. The number of carbonyl (C=O) groups excluding carboxylic acids is 1. The standard InChI is InChI=1S/C25H26FN3O4/c1-2-3-4-5-8-17(25(32)33)15-23(30)27-22-14-16(11-12-20(22)26)13-21-18-9-6-7-10-19(18)24(31)29-28-21/h4-7,9-12,14,17H,2-3,8,13,15H2,1H3,(H,27,30)(H,29,31)(H,32,33)/b5-4+. The van der Waals surface area contributed by atoms with E-state index >= 15 is 0 Å². The van der Waals surface area contributed by atoms with Crippen LogP contribution in [-0.2, 0) is 16.0 Å². The van der Waals surface area contributed by atoms with Crippen molar-refractivity contribution in [2.75, 3.05) is 5.32 Å². The Kier molecular flexibility index (Phi) is 8.07. The summed E-state index contributed by atoms with van der Waals surface area (Å²) in [7, 11) is 0. The van der Waals surface area contributed by atoms with Crippen LogP contribution in [0.4, 0.5) is 10.1 Å². The number of rotatable bonds is 10. The van der Waals surface area contributed by atoms with Crippen LogP contribution in [0, 0.1) is 11.7 Å². The number of fused-ring (bicyclic) bond motifs is 1. The van der Waals surface area contributed by atoms with Gasteiger partial charge in [-0.25, -0.2) is 9.49 Å². The largest absolute Gasteiger partial charge is 0.481 e. The van der Waals surface area contributed by atoms with Gasteiger partial charge in [0.2, 0.25) is 5.91 Å². The smallest absolute Gasteiger partial charge is 0.307 e. The number of H-pyrrole nitrogens is 1. The van der Waals surface area contributed by atoms with Crippen molar-refractivity contribution in [2.45, 2.75) is 39.0 Å². The maximum absolute atomic E-state index is 14.4. The molecule has 0 fully saturated rings. The Balaban J connectivity index is 1.74. The number of anilines is 1. The number of benzene rings is 2. The normalized spacial score (nSPS) is 12.2. The molecule has 0 bridgehead atoms. The monoisotopic (exact) mass is 451 g/mol. The highest BCUT2D eigenvalue weighted by molar-refractivity contribution is 5.93. The van der Waals surface area contributed by atoms with Crippen molar-refractivity contribution >= 4 is 28.3 Å². The molecule has 3 N–H and O–H groups in total. The lowest BCUT2D eigenvalue weighted by molar-refractivity contribution is -0.143. The molecule has 1 aromatic heterocycles. The number of nitrogens with zero attached hydrogens (tertiary/aromatic N) is 1. The predicted octanol–water partition coefficient (Wildman–Crippen LogP) is 4.43. The van der Waals surface area contributed by atoms with Gasteiger partial charge in [-0.1, -0.05) is 49.8 Å². The highest BCUT2D eigenvalue weighted by Crippen LogP contribution is 2.22. The molecule has 33 heavy (non-hydrogen) atoms. The van der Waals surface area contributed by atoms with Gasteiger partial charge in [-0.15, -0.1) is 0 Å². The minimum absolute atomic E-state index is 0.0307. The summed E-state index contributed by atoms with van der Waals surface area (Å²) < 4.78 is 14.4. The minimum atomic E-state index is -1.07. The van der Waals surface area contributed by atoms with E-state index in [9.17, 15) is 23.9 Å². The predicted molar refractivity (Wildman–Crippen MR) is 125 cm³/mol. The Labute approximate surface area is 190 Å². The molecular weight excluding hydrogens is 425 g/mol. The Morgan fingerprint density at radius 2 is 1.94 bits per heavy atom. The second-order valence-electron chi connectivity index (χ2n) is 7.82. The maximum atomic E-state index is 14.4. The van der Waals surface area contributed by atoms with E-state index in [1.54, 1.807) is 36.4 Å². The Hall–Kier alpha value is -3.81. The third-order valence-electron chi connectivity index (χ3n) is 5.28. The highest BCUT2D eigenvalue weighted by Gasteiger charge is 2.21. The summed E-state index contributed by atoms with van der Waals surface area (Å²) in [6.45, 7) is 2.02. The number of nitrogens with one attached hydrogen (secondary N) is 2. The van der Waals surface area contributed by atoms with Crippen LogP contribution in [-0.4, -0.2) is 27.2 Å². The summed E-state index contributed by atoms with van der Waals surface area (Å²) in [5.41, 5.74) is 0.961. The number of allylic oxidation sites excluding steroid dienone is 2. The Bertz CT molecular complexity index is 1240. The van der Waals surface area contributed by atoms with Crippen LogP contribution < -0.4 is 10.9 Å². The number of unbranched alkanes of at least 4 members (excludes halogenated alkanes) is 1. The van der Waals surface area contributed by atoms with Crippen molar-refractivity contribution in [1.29, 1.82) is 0 Å². The van der Waals surface area contributed by atoms with E-state index < -0.39 is 23.6 Å². The first-order valence-corrected chi connectivity index (χ1v) is 10.8. The average molecular weight is 451 g/mol. The van der Waals surface area contributed by atoms with Crippen LogP contribution in [0.25, 0.3) is 10.8 Å². The molecule has 3 aromatic rings. The molecule has 1 atom stereocenters. The first-order valence-electron chi connectivity index (χ1n) is 10.8. The first kappa shape index (κ1) is 23.8. The van der Waals surface area contributed by atoms with Crippen molar-refractivity contribution < 1.29 is 19.1 Å². The third kappa shape index (κ3) is 6.35. The first-order chi connectivity index (χ1) is 15.9. The minimum Gasteiger partial charge on any atom is -0.481 e. The maximum Gasteiger partial charge on any atom is 0.307 e. The number of hydrogen-bond donors (Lipinski definition) is 3. The van der Waals surface area contributed by atoms with Gasteiger partial charge < -0.3 is 10.4 Å². The van der Waals surface area contributed by atoms with E-state index in [-0.39, 0.29) is 24.1 Å². The van der Waals surface area contributed by atoms with E-state index in [1.165, 1.54) is 12.1 Å². The topological polar surface area (TPSA) is 112 Å². The number of carboxylic acids is 1. The fourth-order valence-electron chi connectivity index (χ4n) is 3.52. The summed E-state index contributed by atoms with van der Waals surface area (Å²) in [5, 5.41) is 19.7. The van der Waals surface area contributed by atoms with E-state index in [0.29, 0.717) is 28.5 Å². The lowest BCUT2D eigenvalue weighted by atomic mass is 10.00. The number of aromatic amines is 1. The van der Waals surface area contributed by atoms with Crippen LogP contribution in [0.2, 0.25) is 0 Å². The van der Waals surface area contributed by atoms with Crippen LogP contribution in [0.1, 0.15) is 43.9 Å². The Morgan fingerprint density at radius 1 is 1.18 bits per heavy atom. The molecule has 0 aliphatic heterocycles. The van der Waals surface area contributed by atoms with Crippen molar-refractivity contribution in [3.8, 4) is 0 Å². The zero-order chi connectivity index (χ0) is 23.8. The summed E-state index contributed by atoms with van der Waals surface area (Å²) in [6.07, 6.45) is 5.73. The summed E-state index contributed by atoms with van der Waals surface area (Å²) in [6, 6.07) is 11.4. The molecule has 1 unspecified atom stereocenters. The lowest BCUT2D eigenvalue weighted by Crippen LogP contribution is -2.22. The van der Waals surface area contributed by atoms with Crippen LogP contribution in [0.5, 0.6) is 0 Å². The zero-order valence-electron chi connectivity index (χ0n) is 18.3. The summed E-state index contributed by atoms with van der Waals surface area (Å²) in [5.74, 6) is -3.16. The quantitative estimate of drug-likeness (QED) is 0.395. The number of amides is 1. The molecule has 0 radical (unpaired) electrons. The molecule has 0 spiro atoms. The van der Waals surface area contributed by atoms with Gasteiger partial charge in [0.25, 0.3) is 5.56 Å². The number of halogens is 1. The van der Waals surface area contributed by atoms with E-state index in [1.807, 2.05) is 13.0 Å². The van der Waals surface area contributed by atoms with Gasteiger partial charge in [-0.05, 0) is 36.6 Å². The Morgan fingerprint density at radius 3 is 2.67 bits per heavy atom. The van der Waals surface area contributed by atoms with Gasteiger partial charge in [0.05, 0.1) is 22.7 Å². The van der Waals surface area contributed by atoms with Crippen molar-refractivity contribution in [2.24, 2.45) is 5.92 Å². The molecule has 7 nitrogen and oxygen atoms in total. The number of hydrogen-bond acceptors (Lipinski definition) is 4. The second-order valence-corrected chi connectivity index (χ2v) is 7.82. The molecule has 0 saturated heterocycles. The summed E-state index contributed by atoms with van der Waals surface area (Å²) >= 11 is 0. The van der Waals surface area contributed by atoms with Crippen LogP contribution in [0.15, 0.2) is 59.4 Å². The fourth-order valence-corrected chi connectivity index (χ4v) is 3.52. The molecule has 0 aliphatic rings. The number of carboxylic acid groups (broad SMARTS) is 1. The SMILES string of the molecule is CCC/C=C/CC(CC(=O)Nc1cc(Cc2n[nH]c(=O)c3ccccc23)ccc1F)C(=O)O. The molecule has 3 rings (SSSR count).